The van der Waals surface area contributed by atoms with Gasteiger partial charge in [0.2, 0.25) is 10.0 Å². The summed E-state index contributed by atoms with van der Waals surface area (Å²) in [7, 11) is -3.92. The van der Waals surface area contributed by atoms with E-state index in [4.69, 9.17) is 0 Å². The first-order valence-electron chi connectivity index (χ1n) is 4.99. The van der Waals surface area contributed by atoms with Crippen LogP contribution in [0.5, 0.6) is 0 Å². The number of aliphatic hydroxyl groups excluding tert-OH is 1. The van der Waals surface area contributed by atoms with Crippen LogP contribution < -0.4 is 4.72 Å². The second-order valence-corrected chi connectivity index (χ2v) is 6.14. The Labute approximate surface area is 108 Å². The number of rotatable bonds is 5. The van der Waals surface area contributed by atoms with Crippen LogP contribution in [-0.4, -0.2) is 26.2 Å². The van der Waals surface area contributed by atoms with E-state index in [1.54, 1.807) is 6.92 Å². The third kappa shape index (κ3) is 4.02. The average Bonchev–Trinajstić information content (AvgIpc) is 2.25. The van der Waals surface area contributed by atoms with E-state index in [1.165, 1.54) is 12.1 Å². The molecule has 0 saturated carbocycles. The minimum atomic E-state index is -3.92. The van der Waals surface area contributed by atoms with Crippen LogP contribution in [-0.2, 0) is 10.0 Å². The first-order chi connectivity index (χ1) is 7.86. The number of aliphatic hydroxyl groups is 1. The highest BCUT2D eigenvalue weighted by atomic mass is 79.9. The minimum absolute atomic E-state index is 0.131. The molecular formula is C10H13BrFNO3S. The molecule has 0 aliphatic carbocycles. The molecule has 0 spiro atoms. The van der Waals surface area contributed by atoms with Gasteiger partial charge in [-0.05, 0) is 24.6 Å². The molecule has 1 aromatic carbocycles. The van der Waals surface area contributed by atoms with Gasteiger partial charge < -0.3 is 5.11 Å². The molecule has 1 unspecified atom stereocenters. The molecule has 96 valence electrons. The number of benzene rings is 1. The fourth-order valence-corrected chi connectivity index (χ4v) is 2.58. The highest BCUT2D eigenvalue weighted by Gasteiger charge is 2.19. The third-order valence-electron chi connectivity index (χ3n) is 2.16. The maximum Gasteiger partial charge on any atom is 0.243 e. The Morgan fingerprint density at radius 1 is 1.53 bits per heavy atom. The summed E-state index contributed by atoms with van der Waals surface area (Å²) in [6.45, 7) is 1.59. The Kier molecular flexibility index (Phi) is 5.05. The van der Waals surface area contributed by atoms with Gasteiger partial charge in [-0.25, -0.2) is 17.5 Å². The first kappa shape index (κ1) is 14.6. The van der Waals surface area contributed by atoms with E-state index in [1.807, 2.05) is 0 Å². The van der Waals surface area contributed by atoms with E-state index in [-0.39, 0.29) is 6.54 Å². The lowest BCUT2D eigenvalue weighted by molar-refractivity contribution is 0.174. The maximum atomic E-state index is 13.4. The number of nitrogens with one attached hydrogen (secondary N) is 1. The number of halogens is 2. The number of hydrogen-bond acceptors (Lipinski definition) is 3. The van der Waals surface area contributed by atoms with Crippen LogP contribution in [0.1, 0.15) is 13.3 Å². The Hall–Kier alpha value is -0.500. The van der Waals surface area contributed by atoms with E-state index in [0.29, 0.717) is 10.9 Å². The summed E-state index contributed by atoms with van der Waals surface area (Å²) in [6, 6.07) is 3.68. The quantitative estimate of drug-likeness (QED) is 0.864. The van der Waals surface area contributed by atoms with Gasteiger partial charge in [-0.3, -0.25) is 0 Å². The van der Waals surface area contributed by atoms with Gasteiger partial charge in [0, 0.05) is 11.0 Å². The molecule has 0 aromatic heterocycles. The Balaban J connectivity index is 2.90. The standard InChI is InChI=1S/C10H13BrFNO3S/c1-2-8(14)6-13-17(15,16)10-4-3-7(11)5-9(10)12/h3-5,8,13-14H,2,6H2,1H3. The smallest absolute Gasteiger partial charge is 0.243 e. The lowest BCUT2D eigenvalue weighted by Crippen LogP contribution is -2.32. The van der Waals surface area contributed by atoms with Crippen molar-refractivity contribution in [3.8, 4) is 0 Å². The summed E-state index contributed by atoms with van der Waals surface area (Å²) < 4.78 is 39.5. The predicted molar refractivity (Wildman–Crippen MR) is 65.6 cm³/mol. The zero-order valence-electron chi connectivity index (χ0n) is 9.15. The number of sulfonamides is 1. The summed E-state index contributed by atoms with van der Waals surface area (Å²) in [6.07, 6.45) is -0.353. The van der Waals surface area contributed by atoms with Gasteiger partial charge in [-0.1, -0.05) is 22.9 Å². The Morgan fingerprint density at radius 2 is 2.18 bits per heavy atom. The van der Waals surface area contributed by atoms with Crippen molar-refractivity contribution < 1.29 is 17.9 Å². The highest BCUT2D eigenvalue weighted by Crippen LogP contribution is 2.19. The lowest BCUT2D eigenvalue weighted by atomic mass is 10.3. The molecular weight excluding hydrogens is 313 g/mol. The predicted octanol–water partition coefficient (Wildman–Crippen LogP) is 1.64. The van der Waals surface area contributed by atoms with Gasteiger partial charge in [0.05, 0.1) is 6.10 Å². The molecule has 0 amide bonds. The second kappa shape index (κ2) is 5.90. The lowest BCUT2D eigenvalue weighted by Gasteiger charge is -2.10. The monoisotopic (exact) mass is 325 g/mol. The molecule has 0 saturated heterocycles. The van der Waals surface area contributed by atoms with Crippen LogP contribution in [0.15, 0.2) is 27.6 Å². The van der Waals surface area contributed by atoms with Crippen LogP contribution >= 0.6 is 15.9 Å². The van der Waals surface area contributed by atoms with Crippen LogP contribution in [0.2, 0.25) is 0 Å². The fraction of sp³-hybridized carbons (Fsp3) is 0.400. The summed E-state index contributed by atoms with van der Waals surface area (Å²) in [5, 5.41) is 9.25. The van der Waals surface area contributed by atoms with Gasteiger partial charge >= 0.3 is 0 Å². The van der Waals surface area contributed by atoms with Crippen molar-refractivity contribution in [2.75, 3.05) is 6.54 Å². The van der Waals surface area contributed by atoms with Crippen LogP contribution in [0, 0.1) is 5.82 Å². The summed E-state index contributed by atoms with van der Waals surface area (Å²) >= 11 is 3.04. The molecule has 0 fully saturated rings. The first-order valence-corrected chi connectivity index (χ1v) is 7.27. The summed E-state index contributed by atoms with van der Waals surface area (Å²) in [5.74, 6) is -0.835. The largest absolute Gasteiger partial charge is 0.392 e. The molecule has 1 rings (SSSR count). The molecule has 0 aliphatic rings. The maximum absolute atomic E-state index is 13.4. The molecule has 17 heavy (non-hydrogen) atoms. The van der Waals surface area contributed by atoms with Crippen LogP contribution in [0.3, 0.4) is 0 Å². The van der Waals surface area contributed by atoms with Crippen LogP contribution in [0.4, 0.5) is 4.39 Å². The van der Waals surface area contributed by atoms with E-state index in [9.17, 15) is 17.9 Å². The van der Waals surface area contributed by atoms with Crippen LogP contribution in [0.25, 0.3) is 0 Å². The molecule has 7 heteroatoms. The summed E-state index contributed by atoms with van der Waals surface area (Å²) in [4.78, 5) is -0.427. The van der Waals surface area contributed by atoms with E-state index >= 15 is 0 Å². The molecule has 0 aliphatic heterocycles. The van der Waals surface area contributed by atoms with Crippen molar-refractivity contribution in [3.63, 3.8) is 0 Å². The van der Waals surface area contributed by atoms with Crippen molar-refractivity contribution in [2.45, 2.75) is 24.3 Å². The van der Waals surface area contributed by atoms with Crippen molar-refractivity contribution >= 4 is 26.0 Å². The Bertz CT molecular complexity index is 492. The molecule has 1 atom stereocenters. The molecule has 0 radical (unpaired) electrons. The van der Waals surface area contributed by atoms with E-state index in [2.05, 4.69) is 20.7 Å². The summed E-state index contributed by atoms with van der Waals surface area (Å²) in [5.41, 5.74) is 0. The molecule has 0 heterocycles. The van der Waals surface area contributed by atoms with Crippen molar-refractivity contribution in [1.29, 1.82) is 0 Å². The van der Waals surface area contributed by atoms with Crippen molar-refractivity contribution in [2.24, 2.45) is 0 Å². The second-order valence-electron chi connectivity index (χ2n) is 3.49. The highest BCUT2D eigenvalue weighted by molar-refractivity contribution is 9.10. The molecule has 1 aromatic rings. The van der Waals surface area contributed by atoms with Gasteiger partial charge in [0.25, 0.3) is 0 Å². The van der Waals surface area contributed by atoms with Gasteiger partial charge in [0.1, 0.15) is 10.7 Å². The minimum Gasteiger partial charge on any atom is -0.392 e. The Morgan fingerprint density at radius 3 is 2.71 bits per heavy atom. The van der Waals surface area contributed by atoms with Crippen molar-refractivity contribution in [3.05, 3.63) is 28.5 Å². The molecule has 2 N–H and O–H groups in total. The molecule has 4 nitrogen and oxygen atoms in total. The topological polar surface area (TPSA) is 66.4 Å². The zero-order chi connectivity index (χ0) is 13.1. The average molecular weight is 326 g/mol. The van der Waals surface area contributed by atoms with Crippen molar-refractivity contribution in [1.82, 2.24) is 4.72 Å². The van der Waals surface area contributed by atoms with Gasteiger partial charge in [-0.2, -0.15) is 0 Å². The zero-order valence-corrected chi connectivity index (χ0v) is 11.6. The third-order valence-corrected chi connectivity index (χ3v) is 4.11. The fourth-order valence-electron chi connectivity index (χ4n) is 1.12. The van der Waals surface area contributed by atoms with E-state index in [0.717, 1.165) is 6.07 Å². The SMILES string of the molecule is CCC(O)CNS(=O)(=O)c1ccc(Br)cc1F. The number of hydrogen-bond donors (Lipinski definition) is 2. The van der Waals surface area contributed by atoms with Gasteiger partial charge in [0.15, 0.2) is 0 Å². The normalized spacial score (nSPS) is 13.6. The van der Waals surface area contributed by atoms with E-state index < -0.39 is 26.8 Å². The molecule has 0 bridgehead atoms. The van der Waals surface area contributed by atoms with Gasteiger partial charge in [-0.15, -0.1) is 0 Å².